The smallest absolute Gasteiger partial charge is 0.129 e. The molecule has 0 aliphatic rings. The second-order valence-electron chi connectivity index (χ2n) is 4.86. The van der Waals surface area contributed by atoms with Crippen LogP contribution in [0, 0.1) is 32.4 Å². The highest BCUT2D eigenvalue weighted by Crippen LogP contribution is 2.29. The number of aliphatic hydroxyl groups is 1. The van der Waals surface area contributed by atoms with E-state index >= 15 is 0 Å². The Morgan fingerprint density at radius 3 is 2.16 bits per heavy atom. The molecule has 0 heterocycles. The molecule has 3 heteroatoms. The van der Waals surface area contributed by atoms with E-state index in [1.165, 1.54) is 0 Å². The average molecular weight is 262 g/mol. The normalized spacial score (nSPS) is 12.5. The quantitative estimate of drug-likeness (QED) is 0.868. The highest BCUT2D eigenvalue weighted by molar-refractivity contribution is 5.41. The fourth-order valence-corrected chi connectivity index (χ4v) is 2.17. The van der Waals surface area contributed by atoms with Crippen LogP contribution in [-0.2, 0) is 0 Å². The number of hydrogen-bond donors (Lipinski definition) is 1. The van der Waals surface area contributed by atoms with Crippen molar-refractivity contribution in [3.8, 4) is 0 Å². The molecule has 1 atom stereocenters. The molecule has 0 radical (unpaired) electrons. The predicted molar refractivity (Wildman–Crippen MR) is 71.1 cm³/mol. The first-order valence-corrected chi connectivity index (χ1v) is 6.11. The van der Waals surface area contributed by atoms with Crippen LogP contribution in [0.2, 0.25) is 0 Å². The zero-order chi connectivity index (χ0) is 14.2. The van der Waals surface area contributed by atoms with Gasteiger partial charge >= 0.3 is 0 Å². The topological polar surface area (TPSA) is 20.2 Å². The van der Waals surface area contributed by atoms with E-state index < -0.39 is 17.7 Å². The third-order valence-corrected chi connectivity index (χ3v) is 3.43. The van der Waals surface area contributed by atoms with Crippen LogP contribution in [0.1, 0.15) is 33.9 Å². The summed E-state index contributed by atoms with van der Waals surface area (Å²) in [4.78, 5) is 0. The summed E-state index contributed by atoms with van der Waals surface area (Å²) in [5, 5.41) is 10.3. The van der Waals surface area contributed by atoms with Crippen molar-refractivity contribution in [2.24, 2.45) is 0 Å². The number of aryl methyl sites for hydroxylation is 3. The van der Waals surface area contributed by atoms with Gasteiger partial charge < -0.3 is 5.11 Å². The zero-order valence-electron chi connectivity index (χ0n) is 11.2. The summed E-state index contributed by atoms with van der Waals surface area (Å²) in [6.07, 6.45) is -1.16. The molecular weight excluding hydrogens is 246 g/mol. The summed E-state index contributed by atoms with van der Waals surface area (Å²) < 4.78 is 26.9. The first-order valence-electron chi connectivity index (χ1n) is 6.11. The van der Waals surface area contributed by atoms with Gasteiger partial charge in [0.1, 0.15) is 17.7 Å². The van der Waals surface area contributed by atoms with Gasteiger partial charge in [-0.15, -0.1) is 0 Å². The van der Waals surface area contributed by atoms with Crippen LogP contribution in [0.25, 0.3) is 0 Å². The van der Waals surface area contributed by atoms with E-state index in [-0.39, 0.29) is 5.56 Å². The maximum absolute atomic E-state index is 13.7. The van der Waals surface area contributed by atoms with Crippen LogP contribution in [0.5, 0.6) is 0 Å². The molecule has 0 fully saturated rings. The van der Waals surface area contributed by atoms with E-state index in [0.717, 1.165) is 34.9 Å². The molecular formula is C16H16F2O. The fraction of sp³-hybridized carbons (Fsp3) is 0.250. The Kier molecular flexibility index (Phi) is 3.67. The summed E-state index contributed by atoms with van der Waals surface area (Å²) in [5.41, 5.74) is 3.54. The van der Waals surface area contributed by atoms with Crippen LogP contribution in [0.3, 0.4) is 0 Å². The van der Waals surface area contributed by atoms with Gasteiger partial charge in [-0.25, -0.2) is 8.78 Å². The molecule has 0 bridgehead atoms. The van der Waals surface area contributed by atoms with Gasteiger partial charge in [0.2, 0.25) is 0 Å². The minimum absolute atomic E-state index is 0.0358. The van der Waals surface area contributed by atoms with Gasteiger partial charge in [0.05, 0.1) is 0 Å². The van der Waals surface area contributed by atoms with Crippen LogP contribution in [-0.4, -0.2) is 5.11 Å². The third-order valence-electron chi connectivity index (χ3n) is 3.43. The van der Waals surface area contributed by atoms with Crippen molar-refractivity contribution in [1.29, 1.82) is 0 Å². The molecule has 1 unspecified atom stereocenters. The number of aliphatic hydroxyl groups excluding tert-OH is 1. The van der Waals surface area contributed by atoms with E-state index in [1.807, 2.05) is 32.9 Å². The van der Waals surface area contributed by atoms with Crippen LogP contribution in [0.4, 0.5) is 8.78 Å². The van der Waals surface area contributed by atoms with Gasteiger partial charge in [-0.05, 0) is 61.2 Å². The Bertz CT molecular complexity index is 620. The fourth-order valence-electron chi connectivity index (χ4n) is 2.17. The van der Waals surface area contributed by atoms with Gasteiger partial charge in [0, 0.05) is 5.56 Å². The van der Waals surface area contributed by atoms with Gasteiger partial charge in [-0.2, -0.15) is 0 Å². The molecule has 0 aliphatic carbocycles. The molecule has 1 N–H and O–H groups in total. The average Bonchev–Trinajstić information content (AvgIpc) is 2.36. The zero-order valence-corrected chi connectivity index (χ0v) is 11.2. The van der Waals surface area contributed by atoms with E-state index in [9.17, 15) is 13.9 Å². The molecule has 2 aromatic rings. The third kappa shape index (κ3) is 2.66. The molecule has 2 aromatic carbocycles. The molecule has 2 rings (SSSR count). The lowest BCUT2D eigenvalue weighted by atomic mass is 9.93. The largest absolute Gasteiger partial charge is 0.384 e. The van der Waals surface area contributed by atoms with Crippen molar-refractivity contribution in [3.63, 3.8) is 0 Å². The molecule has 100 valence electrons. The lowest BCUT2D eigenvalue weighted by Crippen LogP contribution is -2.06. The molecule has 0 aliphatic heterocycles. The van der Waals surface area contributed by atoms with Gasteiger partial charge in [0.15, 0.2) is 0 Å². The Morgan fingerprint density at radius 2 is 1.47 bits per heavy atom. The van der Waals surface area contributed by atoms with Crippen molar-refractivity contribution in [1.82, 2.24) is 0 Å². The number of hydrogen-bond acceptors (Lipinski definition) is 1. The van der Waals surface area contributed by atoms with E-state index in [0.29, 0.717) is 5.56 Å². The molecule has 19 heavy (non-hydrogen) atoms. The van der Waals surface area contributed by atoms with Crippen molar-refractivity contribution in [2.75, 3.05) is 0 Å². The van der Waals surface area contributed by atoms with E-state index in [2.05, 4.69) is 0 Å². The van der Waals surface area contributed by atoms with Gasteiger partial charge in [-0.3, -0.25) is 0 Å². The molecule has 0 amide bonds. The summed E-state index contributed by atoms with van der Waals surface area (Å²) in [5.74, 6) is -1.16. The lowest BCUT2D eigenvalue weighted by molar-refractivity contribution is 0.213. The SMILES string of the molecule is Cc1cc(C)c(C(O)c2cc(F)ccc2F)cc1C. The Balaban J connectivity index is 2.52. The summed E-state index contributed by atoms with van der Waals surface area (Å²) in [6.45, 7) is 5.75. The first-order chi connectivity index (χ1) is 8.90. The number of halogens is 2. The van der Waals surface area contributed by atoms with Gasteiger partial charge in [-0.1, -0.05) is 12.1 Å². The summed E-state index contributed by atoms with van der Waals surface area (Å²) >= 11 is 0. The summed E-state index contributed by atoms with van der Waals surface area (Å²) in [7, 11) is 0. The van der Waals surface area contributed by atoms with Crippen LogP contribution in [0.15, 0.2) is 30.3 Å². The highest BCUT2D eigenvalue weighted by atomic mass is 19.1. The molecule has 0 spiro atoms. The maximum atomic E-state index is 13.7. The predicted octanol–water partition coefficient (Wildman–Crippen LogP) is 3.97. The van der Waals surface area contributed by atoms with Crippen LogP contribution < -0.4 is 0 Å². The maximum Gasteiger partial charge on any atom is 0.129 e. The second kappa shape index (κ2) is 5.10. The van der Waals surface area contributed by atoms with Crippen LogP contribution >= 0.6 is 0 Å². The van der Waals surface area contributed by atoms with Crippen molar-refractivity contribution >= 4 is 0 Å². The minimum atomic E-state index is -1.16. The Morgan fingerprint density at radius 1 is 0.842 bits per heavy atom. The van der Waals surface area contributed by atoms with Crippen molar-refractivity contribution in [2.45, 2.75) is 26.9 Å². The van der Waals surface area contributed by atoms with Crippen molar-refractivity contribution in [3.05, 3.63) is 69.8 Å². The molecule has 0 aromatic heterocycles. The molecule has 0 saturated heterocycles. The standard InChI is InChI=1S/C16H16F2O/c1-9-6-11(3)13(7-10(9)2)16(19)14-8-12(17)4-5-15(14)18/h4-8,16,19H,1-3H3. The van der Waals surface area contributed by atoms with E-state index in [4.69, 9.17) is 0 Å². The monoisotopic (exact) mass is 262 g/mol. The Labute approximate surface area is 111 Å². The Hall–Kier alpha value is -1.74. The number of rotatable bonds is 2. The summed E-state index contributed by atoms with van der Waals surface area (Å²) in [6, 6.07) is 6.86. The van der Waals surface area contributed by atoms with Crippen molar-refractivity contribution < 1.29 is 13.9 Å². The minimum Gasteiger partial charge on any atom is -0.384 e. The number of benzene rings is 2. The molecule has 0 saturated carbocycles. The van der Waals surface area contributed by atoms with Gasteiger partial charge in [0.25, 0.3) is 0 Å². The lowest BCUT2D eigenvalue weighted by Gasteiger charge is -2.17. The first kappa shape index (κ1) is 13.7. The second-order valence-corrected chi connectivity index (χ2v) is 4.86. The highest BCUT2D eigenvalue weighted by Gasteiger charge is 2.18. The molecule has 1 nitrogen and oxygen atoms in total. The van der Waals surface area contributed by atoms with E-state index in [1.54, 1.807) is 0 Å².